The molecule has 3 rings (SSSR count). The van der Waals surface area contributed by atoms with E-state index in [1.165, 1.54) is 6.92 Å². The Morgan fingerprint density at radius 3 is 2.72 bits per heavy atom. The van der Waals surface area contributed by atoms with Gasteiger partial charge in [0.25, 0.3) is 0 Å². The average molecular weight is 335 g/mol. The summed E-state index contributed by atoms with van der Waals surface area (Å²) in [6.07, 6.45) is 5.04. The summed E-state index contributed by atoms with van der Waals surface area (Å²) in [6.45, 7) is 2.07. The molecular weight excluding hydrogens is 318 g/mol. The fourth-order valence-corrected chi connectivity index (χ4v) is 2.14. The van der Waals surface area contributed by atoms with Crippen LogP contribution in [0.4, 0.5) is 23.1 Å². The first-order valence-corrected chi connectivity index (χ1v) is 7.66. The number of carbonyl (C=O) groups excluding carboxylic acids is 1. The Bertz CT molecular complexity index is 854. The van der Waals surface area contributed by atoms with Crippen LogP contribution in [0.15, 0.2) is 55.0 Å². The van der Waals surface area contributed by atoms with Crippen molar-refractivity contribution in [3.8, 4) is 0 Å². The molecule has 25 heavy (non-hydrogen) atoms. The highest BCUT2D eigenvalue weighted by Crippen LogP contribution is 2.18. The zero-order valence-corrected chi connectivity index (χ0v) is 13.6. The molecule has 0 aliphatic carbocycles. The van der Waals surface area contributed by atoms with Crippen molar-refractivity contribution in [2.24, 2.45) is 0 Å². The van der Waals surface area contributed by atoms with Crippen molar-refractivity contribution >= 4 is 29.0 Å². The van der Waals surface area contributed by atoms with Crippen molar-refractivity contribution < 1.29 is 4.79 Å². The standard InChI is InChI=1S/C17H17N7O/c1-12(25)21-14-3-2-4-15(9-14)22-17-23-16(11-20-24-17)19-10-13-5-7-18-8-6-13/h2-9,11H,10H2,1H3,(H,21,25)(H2,19,22,23,24). The Hall–Kier alpha value is -3.55. The van der Waals surface area contributed by atoms with Gasteiger partial charge in [-0.1, -0.05) is 6.07 Å². The molecule has 3 aromatic rings. The van der Waals surface area contributed by atoms with Crippen LogP contribution >= 0.6 is 0 Å². The number of carbonyl (C=O) groups is 1. The lowest BCUT2D eigenvalue weighted by Crippen LogP contribution is -2.07. The minimum atomic E-state index is -0.127. The van der Waals surface area contributed by atoms with Crippen LogP contribution in [0.25, 0.3) is 0 Å². The van der Waals surface area contributed by atoms with Gasteiger partial charge in [0.15, 0.2) is 5.82 Å². The van der Waals surface area contributed by atoms with Crippen molar-refractivity contribution in [1.82, 2.24) is 20.2 Å². The molecule has 126 valence electrons. The third kappa shape index (κ3) is 4.96. The molecule has 0 bridgehead atoms. The highest BCUT2D eigenvalue weighted by atomic mass is 16.1. The first kappa shape index (κ1) is 16.3. The molecule has 0 fully saturated rings. The number of benzene rings is 1. The normalized spacial score (nSPS) is 10.1. The summed E-state index contributed by atoms with van der Waals surface area (Å²) in [7, 11) is 0. The van der Waals surface area contributed by atoms with Gasteiger partial charge in [-0.25, -0.2) is 0 Å². The van der Waals surface area contributed by atoms with E-state index in [1.54, 1.807) is 30.7 Å². The number of pyridine rings is 1. The van der Waals surface area contributed by atoms with Crippen LogP contribution in [0, 0.1) is 0 Å². The van der Waals surface area contributed by atoms with E-state index in [9.17, 15) is 4.79 Å². The van der Waals surface area contributed by atoms with Crippen LogP contribution in [0.5, 0.6) is 0 Å². The second kappa shape index (κ2) is 7.82. The topological polar surface area (TPSA) is 105 Å². The largest absolute Gasteiger partial charge is 0.365 e. The fourth-order valence-electron chi connectivity index (χ4n) is 2.14. The Morgan fingerprint density at radius 2 is 1.92 bits per heavy atom. The number of anilines is 4. The number of aromatic nitrogens is 4. The number of hydrogen-bond donors (Lipinski definition) is 3. The Morgan fingerprint density at radius 1 is 1.12 bits per heavy atom. The quantitative estimate of drug-likeness (QED) is 0.636. The van der Waals surface area contributed by atoms with Gasteiger partial charge in [-0.15, -0.1) is 5.10 Å². The van der Waals surface area contributed by atoms with E-state index >= 15 is 0 Å². The van der Waals surface area contributed by atoms with E-state index in [2.05, 4.69) is 36.1 Å². The molecule has 2 heterocycles. The third-order valence-corrected chi connectivity index (χ3v) is 3.22. The van der Waals surface area contributed by atoms with Crippen molar-refractivity contribution in [1.29, 1.82) is 0 Å². The smallest absolute Gasteiger partial charge is 0.249 e. The maximum absolute atomic E-state index is 11.1. The Balaban J connectivity index is 1.66. The molecule has 0 atom stereocenters. The Labute approximate surface area is 144 Å². The molecule has 8 heteroatoms. The molecule has 0 spiro atoms. The van der Waals surface area contributed by atoms with E-state index < -0.39 is 0 Å². The van der Waals surface area contributed by atoms with E-state index in [0.29, 0.717) is 24.0 Å². The van der Waals surface area contributed by atoms with Crippen LogP contribution in [0.2, 0.25) is 0 Å². The SMILES string of the molecule is CC(=O)Nc1cccc(Nc2nncc(NCc3ccncc3)n2)c1. The number of nitrogens with one attached hydrogen (secondary N) is 3. The molecular formula is C17H17N7O. The van der Waals surface area contributed by atoms with Gasteiger partial charge >= 0.3 is 0 Å². The van der Waals surface area contributed by atoms with Crippen LogP contribution < -0.4 is 16.0 Å². The summed E-state index contributed by atoms with van der Waals surface area (Å²) in [6, 6.07) is 11.1. The summed E-state index contributed by atoms with van der Waals surface area (Å²) >= 11 is 0. The van der Waals surface area contributed by atoms with E-state index in [0.717, 1.165) is 11.3 Å². The zero-order chi connectivity index (χ0) is 17.5. The predicted molar refractivity (Wildman–Crippen MR) is 95.4 cm³/mol. The molecule has 2 aromatic heterocycles. The number of rotatable bonds is 6. The van der Waals surface area contributed by atoms with Gasteiger partial charge in [0.2, 0.25) is 11.9 Å². The minimum absolute atomic E-state index is 0.127. The van der Waals surface area contributed by atoms with Crippen molar-refractivity contribution in [3.63, 3.8) is 0 Å². The molecule has 1 amide bonds. The van der Waals surface area contributed by atoms with Crippen molar-refractivity contribution in [2.45, 2.75) is 13.5 Å². The highest BCUT2D eigenvalue weighted by Gasteiger charge is 2.03. The number of nitrogens with zero attached hydrogens (tertiary/aromatic N) is 4. The molecule has 0 unspecified atom stereocenters. The van der Waals surface area contributed by atoms with E-state index in [4.69, 9.17) is 0 Å². The predicted octanol–water partition coefficient (Wildman–Crippen LogP) is 2.58. The molecule has 3 N–H and O–H groups in total. The van der Waals surface area contributed by atoms with Gasteiger partial charge in [0.1, 0.15) is 0 Å². The van der Waals surface area contributed by atoms with Gasteiger partial charge < -0.3 is 16.0 Å². The number of hydrogen-bond acceptors (Lipinski definition) is 7. The second-order valence-electron chi connectivity index (χ2n) is 5.26. The molecule has 1 aromatic carbocycles. The first-order valence-electron chi connectivity index (χ1n) is 7.66. The molecule has 8 nitrogen and oxygen atoms in total. The molecule has 0 saturated heterocycles. The van der Waals surface area contributed by atoms with Crippen LogP contribution in [0.3, 0.4) is 0 Å². The summed E-state index contributed by atoms with van der Waals surface area (Å²) in [4.78, 5) is 19.5. The van der Waals surface area contributed by atoms with Crippen molar-refractivity contribution in [2.75, 3.05) is 16.0 Å². The van der Waals surface area contributed by atoms with Gasteiger partial charge in [-0.05, 0) is 35.9 Å². The van der Waals surface area contributed by atoms with Crippen LogP contribution in [0.1, 0.15) is 12.5 Å². The lowest BCUT2D eigenvalue weighted by molar-refractivity contribution is -0.114. The van der Waals surface area contributed by atoms with Gasteiger partial charge in [-0.3, -0.25) is 9.78 Å². The lowest BCUT2D eigenvalue weighted by Gasteiger charge is -2.09. The molecule has 0 saturated carbocycles. The van der Waals surface area contributed by atoms with E-state index in [1.807, 2.05) is 24.3 Å². The van der Waals surface area contributed by atoms with Gasteiger partial charge in [0, 0.05) is 37.2 Å². The average Bonchev–Trinajstić information content (AvgIpc) is 2.61. The monoisotopic (exact) mass is 335 g/mol. The molecule has 0 aliphatic rings. The van der Waals surface area contributed by atoms with Crippen LogP contribution in [-0.2, 0) is 11.3 Å². The second-order valence-corrected chi connectivity index (χ2v) is 5.26. The zero-order valence-electron chi connectivity index (χ0n) is 13.6. The maximum Gasteiger partial charge on any atom is 0.249 e. The molecule has 0 radical (unpaired) electrons. The summed E-state index contributed by atoms with van der Waals surface area (Å²) in [5, 5.41) is 16.9. The van der Waals surface area contributed by atoms with Gasteiger partial charge in [-0.2, -0.15) is 10.1 Å². The summed E-state index contributed by atoms with van der Waals surface area (Å²) in [5.74, 6) is 0.837. The lowest BCUT2D eigenvalue weighted by atomic mass is 10.2. The minimum Gasteiger partial charge on any atom is -0.365 e. The van der Waals surface area contributed by atoms with E-state index in [-0.39, 0.29) is 5.91 Å². The van der Waals surface area contributed by atoms with Crippen molar-refractivity contribution in [3.05, 3.63) is 60.6 Å². The third-order valence-electron chi connectivity index (χ3n) is 3.22. The maximum atomic E-state index is 11.1. The fraction of sp³-hybridized carbons (Fsp3) is 0.118. The molecule has 0 aliphatic heterocycles. The number of amides is 1. The Kier molecular flexibility index (Phi) is 5.10. The summed E-state index contributed by atoms with van der Waals surface area (Å²) in [5.41, 5.74) is 2.53. The first-order chi connectivity index (χ1) is 12.2. The van der Waals surface area contributed by atoms with Crippen LogP contribution in [-0.4, -0.2) is 26.1 Å². The summed E-state index contributed by atoms with van der Waals surface area (Å²) < 4.78 is 0. The highest BCUT2D eigenvalue weighted by molar-refractivity contribution is 5.89. The van der Waals surface area contributed by atoms with Gasteiger partial charge in [0.05, 0.1) is 6.20 Å².